The minimum absolute atomic E-state index is 0.0552. The molecule has 3 rings (SSSR count). The van der Waals surface area contributed by atoms with Gasteiger partial charge in [-0.1, -0.05) is 12.1 Å². The third kappa shape index (κ3) is 2.43. The number of hydrogen-bond donors (Lipinski definition) is 3. The molecule has 0 unspecified atom stereocenters. The zero-order chi connectivity index (χ0) is 13.9. The van der Waals surface area contributed by atoms with Crippen LogP contribution in [0.5, 0.6) is 0 Å². The number of nitrogens with one attached hydrogen (secondary N) is 1. The summed E-state index contributed by atoms with van der Waals surface area (Å²) in [4.78, 5) is 10.0. The van der Waals surface area contributed by atoms with Gasteiger partial charge in [0.25, 0.3) is 0 Å². The van der Waals surface area contributed by atoms with Gasteiger partial charge in [-0.3, -0.25) is 0 Å². The number of rotatable bonds is 4. The van der Waals surface area contributed by atoms with Crippen LogP contribution in [0.4, 0.5) is 10.8 Å². The summed E-state index contributed by atoms with van der Waals surface area (Å²) in [5, 5.41) is 13.8. The van der Waals surface area contributed by atoms with Gasteiger partial charge in [0, 0.05) is 11.9 Å². The van der Waals surface area contributed by atoms with Crippen molar-refractivity contribution in [1.29, 1.82) is 0 Å². The van der Waals surface area contributed by atoms with E-state index in [4.69, 9.17) is 10.8 Å². The Balaban J connectivity index is 2.14. The summed E-state index contributed by atoms with van der Waals surface area (Å²) in [6.07, 6.45) is 0. The van der Waals surface area contributed by atoms with Crippen LogP contribution in [0.2, 0.25) is 0 Å². The van der Waals surface area contributed by atoms with E-state index in [1.54, 1.807) is 0 Å². The highest BCUT2D eigenvalue weighted by Crippen LogP contribution is 2.30. The van der Waals surface area contributed by atoms with E-state index in [0.29, 0.717) is 12.4 Å². The molecule has 0 saturated carbocycles. The van der Waals surface area contributed by atoms with Crippen molar-refractivity contribution in [3.63, 3.8) is 0 Å². The zero-order valence-electron chi connectivity index (χ0n) is 10.7. The first-order valence-corrected chi connectivity index (χ1v) is 7.07. The number of aromatic nitrogens is 2. The van der Waals surface area contributed by atoms with Gasteiger partial charge in [-0.15, -0.1) is 11.3 Å². The smallest absolute Gasteiger partial charge is 0.172 e. The first-order chi connectivity index (χ1) is 9.78. The number of benzene rings is 1. The number of anilines is 2. The summed E-state index contributed by atoms with van der Waals surface area (Å²) in [5.74, 6) is 1.37. The summed E-state index contributed by atoms with van der Waals surface area (Å²) >= 11 is 1.46. The molecular formula is C14H14N4OS. The van der Waals surface area contributed by atoms with E-state index in [0.717, 1.165) is 26.6 Å². The molecule has 0 saturated heterocycles. The number of fused-ring (bicyclic) bond motifs is 1. The first kappa shape index (κ1) is 12.8. The van der Waals surface area contributed by atoms with E-state index >= 15 is 0 Å². The number of hydrogen-bond acceptors (Lipinski definition) is 6. The Morgan fingerprint density at radius 2 is 2.00 bits per heavy atom. The van der Waals surface area contributed by atoms with Crippen LogP contribution in [-0.2, 0) is 0 Å². The number of nitrogens with zero attached hydrogens (tertiary/aromatic N) is 2. The molecule has 1 aromatic carbocycles. The largest absolute Gasteiger partial charge is 0.395 e. The van der Waals surface area contributed by atoms with Crippen molar-refractivity contribution in [2.24, 2.45) is 0 Å². The number of nitrogens with two attached hydrogens (primary N) is 1. The molecule has 0 spiro atoms. The molecule has 2 aromatic heterocycles. The lowest BCUT2D eigenvalue weighted by Crippen LogP contribution is -2.08. The monoisotopic (exact) mass is 286 g/mol. The zero-order valence-corrected chi connectivity index (χ0v) is 11.5. The van der Waals surface area contributed by atoms with E-state index in [1.807, 2.05) is 36.4 Å². The van der Waals surface area contributed by atoms with Gasteiger partial charge < -0.3 is 16.2 Å². The van der Waals surface area contributed by atoms with Crippen LogP contribution in [0.1, 0.15) is 0 Å². The third-order valence-electron chi connectivity index (χ3n) is 2.85. The van der Waals surface area contributed by atoms with Crippen molar-refractivity contribution < 1.29 is 5.11 Å². The Kier molecular flexibility index (Phi) is 3.49. The summed E-state index contributed by atoms with van der Waals surface area (Å²) in [6.45, 7) is 0.507. The molecule has 0 atom stereocenters. The van der Waals surface area contributed by atoms with Gasteiger partial charge in [0.15, 0.2) is 5.82 Å². The van der Waals surface area contributed by atoms with E-state index in [-0.39, 0.29) is 6.61 Å². The molecule has 3 aromatic rings. The van der Waals surface area contributed by atoms with E-state index < -0.39 is 0 Å². The van der Waals surface area contributed by atoms with Gasteiger partial charge in [0.1, 0.15) is 5.82 Å². The van der Waals surface area contributed by atoms with Crippen LogP contribution < -0.4 is 11.1 Å². The fraction of sp³-hybridized carbons (Fsp3) is 0.143. The topological polar surface area (TPSA) is 84.1 Å². The van der Waals surface area contributed by atoms with E-state index in [1.165, 1.54) is 11.3 Å². The number of thiophene rings is 1. The Bertz CT molecular complexity index is 741. The van der Waals surface area contributed by atoms with Gasteiger partial charge in [0.2, 0.25) is 0 Å². The van der Waals surface area contributed by atoms with Crippen LogP contribution in [0.3, 0.4) is 0 Å². The second-order valence-electron chi connectivity index (χ2n) is 4.27. The van der Waals surface area contributed by atoms with Crippen LogP contribution in [0, 0.1) is 0 Å². The standard InChI is InChI=1S/C14H14N4OS/c15-12-6-5-11(20-12)14-17-10-4-2-1-3-9(10)13(18-14)16-7-8-19/h1-6,19H,7-8,15H2,(H,16,17,18). The fourth-order valence-corrected chi connectivity index (χ4v) is 2.68. The number of aliphatic hydroxyl groups is 1. The predicted molar refractivity (Wildman–Crippen MR) is 82.8 cm³/mol. The molecule has 102 valence electrons. The molecule has 0 amide bonds. The lowest BCUT2D eigenvalue weighted by atomic mass is 10.2. The highest BCUT2D eigenvalue weighted by atomic mass is 32.1. The number of aliphatic hydroxyl groups excluding tert-OH is 1. The maximum Gasteiger partial charge on any atom is 0.172 e. The lowest BCUT2D eigenvalue weighted by molar-refractivity contribution is 0.311. The Morgan fingerprint density at radius 3 is 2.75 bits per heavy atom. The van der Waals surface area contributed by atoms with E-state index in [2.05, 4.69) is 15.3 Å². The van der Waals surface area contributed by atoms with Gasteiger partial charge in [-0.05, 0) is 24.3 Å². The fourth-order valence-electron chi connectivity index (χ4n) is 1.97. The minimum Gasteiger partial charge on any atom is -0.395 e. The SMILES string of the molecule is Nc1ccc(-c2nc(NCCO)c3ccccc3n2)s1. The molecule has 0 radical (unpaired) electrons. The average Bonchev–Trinajstić information content (AvgIpc) is 2.91. The van der Waals surface area contributed by atoms with Crippen LogP contribution in [-0.4, -0.2) is 28.2 Å². The molecule has 0 aliphatic heterocycles. The van der Waals surface area contributed by atoms with E-state index in [9.17, 15) is 0 Å². The highest BCUT2D eigenvalue weighted by Gasteiger charge is 2.10. The molecule has 6 heteroatoms. The van der Waals surface area contributed by atoms with Gasteiger partial charge >= 0.3 is 0 Å². The molecule has 5 nitrogen and oxygen atoms in total. The van der Waals surface area contributed by atoms with Crippen molar-refractivity contribution in [3.05, 3.63) is 36.4 Å². The lowest BCUT2D eigenvalue weighted by Gasteiger charge is -2.09. The van der Waals surface area contributed by atoms with Crippen molar-refractivity contribution in [3.8, 4) is 10.7 Å². The van der Waals surface area contributed by atoms with Crippen molar-refractivity contribution in [2.45, 2.75) is 0 Å². The Morgan fingerprint density at radius 1 is 1.15 bits per heavy atom. The molecule has 0 aliphatic carbocycles. The quantitative estimate of drug-likeness (QED) is 0.685. The molecular weight excluding hydrogens is 272 g/mol. The van der Waals surface area contributed by atoms with Crippen LogP contribution in [0.15, 0.2) is 36.4 Å². The first-order valence-electron chi connectivity index (χ1n) is 6.25. The third-order valence-corrected chi connectivity index (χ3v) is 3.77. The normalized spacial score (nSPS) is 10.8. The second kappa shape index (κ2) is 5.44. The van der Waals surface area contributed by atoms with Crippen LogP contribution >= 0.6 is 11.3 Å². The molecule has 2 heterocycles. The number of nitrogen functional groups attached to an aromatic ring is 1. The van der Waals surface area contributed by atoms with Crippen LogP contribution in [0.25, 0.3) is 21.6 Å². The van der Waals surface area contributed by atoms with Crippen molar-refractivity contribution in [2.75, 3.05) is 24.2 Å². The van der Waals surface area contributed by atoms with Gasteiger partial charge in [-0.25, -0.2) is 9.97 Å². The summed E-state index contributed by atoms with van der Waals surface area (Å²) in [7, 11) is 0. The molecule has 20 heavy (non-hydrogen) atoms. The summed E-state index contributed by atoms with van der Waals surface area (Å²) < 4.78 is 0. The van der Waals surface area contributed by atoms with Gasteiger partial charge in [0.05, 0.1) is 22.0 Å². The molecule has 0 aliphatic rings. The van der Waals surface area contributed by atoms with Crippen molar-refractivity contribution in [1.82, 2.24) is 9.97 Å². The van der Waals surface area contributed by atoms with Crippen molar-refractivity contribution >= 4 is 33.1 Å². The summed E-state index contributed by atoms with van der Waals surface area (Å²) in [6, 6.07) is 11.6. The molecule has 0 fully saturated rings. The highest BCUT2D eigenvalue weighted by molar-refractivity contribution is 7.19. The Hall–Kier alpha value is -2.18. The maximum absolute atomic E-state index is 8.97. The second-order valence-corrected chi connectivity index (χ2v) is 5.38. The molecule has 0 bridgehead atoms. The minimum atomic E-state index is 0.0552. The predicted octanol–water partition coefficient (Wildman–Crippen LogP) is 2.34. The Labute approximate surface area is 120 Å². The average molecular weight is 286 g/mol. The molecule has 4 N–H and O–H groups in total. The maximum atomic E-state index is 8.97. The summed E-state index contributed by atoms with van der Waals surface area (Å²) in [5.41, 5.74) is 6.63. The van der Waals surface area contributed by atoms with Gasteiger partial charge in [-0.2, -0.15) is 0 Å². The number of para-hydroxylation sites is 1.